The predicted octanol–water partition coefficient (Wildman–Crippen LogP) is 4.98. The van der Waals surface area contributed by atoms with E-state index in [1.807, 2.05) is 0 Å². The number of rotatable bonds is 8. The molecule has 0 bridgehead atoms. The van der Waals surface area contributed by atoms with Gasteiger partial charge in [0.2, 0.25) is 0 Å². The van der Waals surface area contributed by atoms with E-state index in [4.69, 9.17) is 4.74 Å². The van der Waals surface area contributed by atoms with Gasteiger partial charge in [0, 0.05) is 18.1 Å². The van der Waals surface area contributed by atoms with Gasteiger partial charge in [0.05, 0.1) is 11.6 Å². The highest BCUT2D eigenvalue weighted by Gasteiger charge is 2.53. The average Bonchev–Trinajstić information content (AvgIpc) is 2.50. The summed E-state index contributed by atoms with van der Waals surface area (Å²) in [6.45, 7) is 13.7. The maximum Gasteiger partial charge on any atom is 0.0637 e. The zero-order chi connectivity index (χ0) is 16.1. The third-order valence-corrected chi connectivity index (χ3v) is 5.94. The molecule has 4 atom stereocenters. The van der Waals surface area contributed by atoms with E-state index < -0.39 is 0 Å². The van der Waals surface area contributed by atoms with Gasteiger partial charge in [-0.05, 0) is 39.5 Å². The van der Waals surface area contributed by atoms with Crippen molar-refractivity contribution in [1.29, 1.82) is 0 Å². The highest BCUT2D eigenvalue weighted by atomic mass is 16.5. The third-order valence-electron chi connectivity index (χ3n) is 5.94. The minimum atomic E-state index is -0.308. The lowest BCUT2D eigenvalue weighted by atomic mass is 9.69. The van der Waals surface area contributed by atoms with E-state index in [9.17, 15) is 5.21 Å². The van der Waals surface area contributed by atoms with Crippen LogP contribution in [0.3, 0.4) is 0 Å². The predicted molar refractivity (Wildman–Crippen MR) is 87.6 cm³/mol. The van der Waals surface area contributed by atoms with E-state index in [0.29, 0.717) is 0 Å². The second-order valence-corrected chi connectivity index (χ2v) is 7.32. The van der Waals surface area contributed by atoms with Crippen LogP contribution in [-0.4, -0.2) is 28.9 Å². The summed E-state index contributed by atoms with van der Waals surface area (Å²) in [7, 11) is 0. The first-order valence-electron chi connectivity index (χ1n) is 8.94. The normalized spacial score (nSPS) is 37.9. The molecule has 1 radical (unpaired) electrons. The molecule has 1 rings (SSSR count). The molecule has 125 valence electrons. The molecule has 1 saturated heterocycles. The van der Waals surface area contributed by atoms with E-state index in [2.05, 4.69) is 41.5 Å². The van der Waals surface area contributed by atoms with E-state index in [1.54, 1.807) is 0 Å². The van der Waals surface area contributed by atoms with Crippen LogP contribution in [0.4, 0.5) is 0 Å². The molecule has 1 heterocycles. The molecule has 0 aromatic heterocycles. The van der Waals surface area contributed by atoms with Gasteiger partial charge in [-0.25, -0.2) is 0 Å². The van der Waals surface area contributed by atoms with Gasteiger partial charge in [-0.1, -0.05) is 47.0 Å². The van der Waals surface area contributed by atoms with E-state index in [-0.39, 0.29) is 23.1 Å². The fourth-order valence-corrected chi connectivity index (χ4v) is 3.62. The molecule has 0 N–H and O–H groups in total. The van der Waals surface area contributed by atoms with Crippen molar-refractivity contribution in [2.75, 3.05) is 6.61 Å². The zero-order valence-electron chi connectivity index (χ0n) is 15.1. The summed E-state index contributed by atoms with van der Waals surface area (Å²) in [6.07, 6.45) is 7.77. The molecular formula is C18H36NO2. The van der Waals surface area contributed by atoms with Crippen molar-refractivity contribution >= 4 is 0 Å². The fourth-order valence-electron chi connectivity index (χ4n) is 3.62. The van der Waals surface area contributed by atoms with Crippen LogP contribution in [0, 0.1) is 5.92 Å². The number of piperidine rings is 1. The van der Waals surface area contributed by atoms with Crippen LogP contribution >= 0.6 is 0 Å². The van der Waals surface area contributed by atoms with Crippen molar-refractivity contribution in [1.82, 2.24) is 5.06 Å². The summed E-state index contributed by atoms with van der Waals surface area (Å²) >= 11 is 0. The van der Waals surface area contributed by atoms with Crippen molar-refractivity contribution in [3.05, 3.63) is 0 Å². The Bertz CT molecular complexity index is 310. The topological polar surface area (TPSA) is 32.4 Å². The Balaban J connectivity index is 2.71. The molecule has 0 spiro atoms. The largest absolute Gasteiger partial charge is 0.378 e. The van der Waals surface area contributed by atoms with Crippen LogP contribution < -0.4 is 0 Å². The first-order valence-corrected chi connectivity index (χ1v) is 8.94. The number of nitrogens with zero attached hydrogens (tertiary/aromatic N) is 1. The van der Waals surface area contributed by atoms with Gasteiger partial charge < -0.3 is 4.74 Å². The van der Waals surface area contributed by atoms with E-state index in [0.717, 1.165) is 32.3 Å². The summed E-state index contributed by atoms with van der Waals surface area (Å²) in [5.41, 5.74) is -0.595. The zero-order valence-corrected chi connectivity index (χ0v) is 15.1. The lowest BCUT2D eigenvalue weighted by molar-refractivity contribution is -0.327. The van der Waals surface area contributed by atoms with Crippen molar-refractivity contribution < 1.29 is 9.94 Å². The number of ether oxygens (including phenoxy) is 1. The summed E-state index contributed by atoms with van der Waals surface area (Å²) in [6, 6.07) is 0. The maximum atomic E-state index is 12.9. The van der Waals surface area contributed by atoms with Crippen molar-refractivity contribution in [2.24, 2.45) is 5.92 Å². The highest BCUT2D eigenvalue weighted by Crippen LogP contribution is 2.45. The summed E-state index contributed by atoms with van der Waals surface area (Å²) in [4.78, 5) is 0. The molecular weight excluding hydrogens is 262 g/mol. The Morgan fingerprint density at radius 2 is 1.76 bits per heavy atom. The Labute approximate surface area is 132 Å². The van der Waals surface area contributed by atoms with Gasteiger partial charge in [0.15, 0.2) is 0 Å². The second kappa shape index (κ2) is 7.94. The van der Waals surface area contributed by atoms with Crippen molar-refractivity contribution in [3.63, 3.8) is 0 Å². The minimum absolute atomic E-state index is 0.215. The molecule has 3 nitrogen and oxygen atoms in total. The Hall–Kier alpha value is -0.120. The maximum absolute atomic E-state index is 12.9. The van der Waals surface area contributed by atoms with Gasteiger partial charge >= 0.3 is 0 Å². The molecule has 1 aliphatic rings. The molecule has 0 aromatic rings. The molecule has 21 heavy (non-hydrogen) atoms. The molecule has 1 aliphatic heterocycles. The number of unbranched alkanes of at least 4 members (excludes halogenated alkanes) is 3. The van der Waals surface area contributed by atoms with Gasteiger partial charge in [-0.2, -0.15) is 0 Å². The first kappa shape index (κ1) is 18.9. The highest BCUT2D eigenvalue weighted by molar-refractivity contribution is 5.03. The van der Waals surface area contributed by atoms with Crippen LogP contribution in [-0.2, 0) is 9.94 Å². The molecule has 0 saturated carbocycles. The van der Waals surface area contributed by atoms with Crippen LogP contribution in [0.2, 0.25) is 0 Å². The molecule has 0 aromatic carbocycles. The fraction of sp³-hybridized carbons (Fsp3) is 1.00. The van der Waals surface area contributed by atoms with Crippen molar-refractivity contribution in [3.8, 4) is 0 Å². The van der Waals surface area contributed by atoms with Gasteiger partial charge in [0.1, 0.15) is 0 Å². The SMILES string of the molecule is CCCCCCOC1CC(C)(CC)N([O])C(C)(CC)C1C. The van der Waals surface area contributed by atoms with Crippen LogP contribution in [0.15, 0.2) is 0 Å². The smallest absolute Gasteiger partial charge is 0.0637 e. The van der Waals surface area contributed by atoms with Gasteiger partial charge in [-0.15, -0.1) is 10.3 Å². The van der Waals surface area contributed by atoms with Crippen LogP contribution in [0.25, 0.3) is 0 Å². The minimum Gasteiger partial charge on any atom is -0.378 e. The van der Waals surface area contributed by atoms with E-state index in [1.165, 1.54) is 24.3 Å². The standard InChI is InChI=1S/C18H36NO2/c1-7-10-11-12-13-21-16-14-17(5,8-2)19(20)18(6,9-3)15(16)4/h15-16H,7-14H2,1-6H3. The summed E-state index contributed by atoms with van der Waals surface area (Å²) in [5, 5.41) is 14.3. The number of hydrogen-bond acceptors (Lipinski definition) is 2. The Morgan fingerprint density at radius 1 is 1.10 bits per heavy atom. The van der Waals surface area contributed by atoms with Crippen LogP contribution in [0.1, 0.15) is 86.5 Å². The van der Waals surface area contributed by atoms with Gasteiger partial charge in [0.25, 0.3) is 0 Å². The molecule has 4 unspecified atom stereocenters. The first-order chi connectivity index (χ1) is 9.85. The number of hydroxylamine groups is 2. The third kappa shape index (κ3) is 4.00. The molecule has 0 aliphatic carbocycles. The average molecular weight is 298 g/mol. The molecule has 1 fully saturated rings. The Morgan fingerprint density at radius 3 is 2.29 bits per heavy atom. The Kier molecular flexibility index (Phi) is 7.15. The monoisotopic (exact) mass is 298 g/mol. The van der Waals surface area contributed by atoms with E-state index >= 15 is 0 Å². The van der Waals surface area contributed by atoms with Crippen LogP contribution in [0.5, 0.6) is 0 Å². The molecule has 0 amide bonds. The van der Waals surface area contributed by atoms with Gasteiger partial charge in [-0.3, -0.25) is 0 Å². The lowest BCUT2D eigenvalue weighted by Gasteiger charge is -2.56. The quantitative estimate of drug-likeness (QED) is 0.592. The molecule has 3 heteroatoms. The lowest BCUT2D eigenvalue weighted by Crippen LogP contribution is -2.66. The summed E-state index contributed by atoms with van der Waals surface area (Å²) < 4.78 is 6.22. The summed E-state index contributed by atoms with van der Waals surface area (Å²) in [5.74, 6) is 0.283. The van der Waals surface area contributed by atoms with Crippen molar-refractivity contribution in [2.45, 2.75) is 104 Å². The number of hydrogen-bond donors (Lipinski definition) is 0. The second-order valence-electron chi connectivity index (χ2n) is 7.32.